The van der Waals surface area contributed by atoms with Crippen LogP contribution in [0.1, 0.15) is 53.4 Å². The Labute approximate surface area is 205 Å². The van der Waals surface area contributed by atoms with E-state index in [2.05, 4.69) is 10.3 Å². The molecule has 0 unspecified atom stereocenters. The first-order valence-electron chi connectivity index (χ1n) is 11.5. The third-order valence-corrected chi connectivity index (χ3v) is 5.84. The van der Waals surface area contributed by atoms with Gasteiger partial charge in [-0.2, -0.15) is 18.3 Å². The number of carboxylic acids is 1. The number of aryl methyl sites for hydroxylation is 3. The van der Waals surface area contributed by atoms with Crippen molar-refractivity contribution in [3.05, 3.63) is 76.2 Å². The molecule has 0 fully saturated rings. The van der Waals surface area contributed by atoms with Gasteiger partial charge in [-0.25, -0.2) is 4.79 Å². The average Bonchev–Trinajstić information content (AvgIpc) is 3.39. The predicted molar refractivity (Wildman–Crippen MR) is 126 cm³/mol. The van der Waals surface area contributed by atoms with Crippen LogP contribution in [0.5, 0.6) is 5.75 Å². The highest BCUT2D eigenvalue weighted by Crippen LogP contribution is 2.31. The number of nitrogens with zero attached hydrogens (tertiary/aromatic N) is 3. The number of alkyl halides is 3. The Morgan fingerprint density at radius 3 is 2.67 bits per heavy atom. The highest BCUT2D eigenvalue weighted by atomic mass is 19.4. The molecule has 0 radical (unpaired) electrons. The number of ether oxygens (including phenoxy) is 1. The summed E-state index contributed by atoms with van der Waals surface area (Å²) >= 11 is 0. The van der Waals surface area contributed by atoms with Gasteiger partial charge in [0.1, 0.15) is 5.75 Å². The molecule has 0 aliphatic rings. The van der Waals surface area contributed by atoms with E-state index in [4.69, 9.17) is 14.4 Å². The predicted octanol–water partition coefficient (Wildman–Crippen LogP) is 5.77. The van der Waals surface area contributed by atoms with Gasteiger partial charge in [0.25, 0.3) is 0 Å². The van der Waals surface area contributed by atoms with Crippen LogP contribution in [0.15, 0.2) is 47.1 Å². The molecule has 4 rings (SSSR count). The summed E-state index contributed by atoms with van der Waals surface area (Å²) < 4.78 is 51.7. The van der Waals surface area contributed by atoms with Crippen LogP contribution in [-0.4, -0.2) is 32.6 Å². The van der Waals surface area contributed by atoms with Crippen molar-refractivity contribution in [2.24, 2.45) is 0 Å². The first-order valence-corrected chi connectivity index (χ1v) is 11.5. The number of aliphatic carboxylic acids is 1. The fraction of sp³-hybridized carbons (Fsp3) is 0.346. The van der Waals surface area contributed by atoms with Gasteiger partial charge in [-0.15, -0.1) is 0 Å². The van der Waals surface area contributed by atoms with Gasteiger partial charge in [0.05, 0.1) is 23.5 Å². The number of halogens is 3. The Balaban J connectivity index is 1.53. The SMILES string of the molecule is Cc1cc2c(CCc3cn(Cc4cccc(C(F)(F)F)c4)nc3C(C)C)noc2cc1OCC(=O)O. The van der Waals surface area contributed by atoms with Gasteiger partial charge in [-0.05, 0) is 60.6 Å². The molecule has 0 aliphatic carbocycles. The molecule has 10 heteroatoms. The Morgan fingerprint density at radius 2 is 1.97 bits per heavy atom. The second kappa shape index (κ2) is 10.0. The number of aromatic nitrogens is 3. The van der Waals surface area contributed by atoms with Crippen molar-refractivity contribution in [1.82, 2.24) is 14.9 Å². The van der Waals surface area contributed by atoms with Gasteiger partial charge in [0.2, 0.25) is 0 Å². The van der Waals surface area contributed by atoms with Gasteiger partial charge in [-0.3, -0.25) is 4.68 Å². The molecule has 2 aromatic heterocycles. The number of fused-ring (bicyclic) bond motifs is 1. The maximum atomic E-state index is 13.1. The molecule has 2 aromatic carbocycles. The molecule has 0 amide bonds. The molecule has 0 bridgehead atoms. The first kappa shape index (κ1) is 25.3. The molecule has 7 nitrogen and oxygen atoms in total. The van der Waals surface area contributed by atoms with Crippen molar-refractivity contribution in [3.8, 4) is 5.75 Å². The molecule has 0 saturated heterocycles. The van der Waals surface area contributed by atoms with Crippen molar-refractivity contribution in [1.29, 1.82) is 0 Å². The van der Waals surface area contributed by atoms with E-state index in [-0.39, 0.29) is 12.5 Å². The molecule has 0 saturated carbocycles. The zero-order valence-electron chi connectivity index (χ0n) is 20.1. The monoisotopic (exact) mass is 501 g/mol. The quantitative estimate of drug-likeness (QED) is 0.313. The molecule has 4 aromatic rings. The van der Waals surface area contributed by atoms with E-state index in [0.717, 1.165) is 40.0 Å². The minimum absolute atomic E-state index is 0.132. The van der Waals surface area contributed by atoms with E-state index in [1.165, 1.54) is 6.07 Å². The van der Waals surface area contributed by atoms with Crippen molar-refractivity contribution in [3.63, 3.8) is 0 Å². The number of hydrogen-bond acceptors (Lipinski definition) is 5. The third-order valence-electron chi connectivity index (χ3n) is 5.84. The molecule has 36 heavy (non-hydrogen) atoms. The lowest BCUT2D eigenvalue weighted by Gasteiger charge is -2.09. The van der Waals surface area contributed by atoms with Crippen molar-refractivity contribution >= 4 is 16.9 Å². The zero-order valence-corrected chi connectivity index (χ0v) is 20.1. The van der Waals surface area contributed by atoms with E-state index < -0.39 is 24.3 Å². The molecular formula is C26H26F3N3O4. The summed E-state index contributed by atoms with van der Waals surface area (Å²) in [7, 11) is 0. The fourth-order valence-corrected chi connectivity index (χ4v) is 4.12. The van der Waals surface area contributed by atoms with E-state index in [9.17, 15) is 18.0 Å². The molecule has 1 N–H and O–H groups in total. The standard InChI is InChI=1S/C26H26F3N3O4/c1-15(2)25-18(13-32(30-25)12-17-5-4-6-19(10-17)26(27,28)29)7-8-21-20-9-16(3)22(35-14-24(33)34)11-23(20)36-31-21/h4-6,9-11,13,15H,7-8,12,14H2,1-3H3,(H,33,34). The van der Waals surface area contributed by atoms with Crippen molar-refractivity contribution in [2.75, 3.05) is 6.61 Å². The number of hydrogen-bond donors (Lipinski definition) is 1. The minimum Gasteiger partial charge on any atom is -0.481 e. The second-order valence-corrected chi connectivity index (χ2v) is 9.02. The van der Waals surface area contributed by atoms with Gasteiger partial charge in [0, 0.05) is 17.6 Å². The van der Waals surface area contributed by atoms with Crippen molar-refractivity contribution < 1.29 is 32.3 Å². The molecular weight excluding hydrogens is 475 g/mol. The van der Waals surface area contributed by atoms with E-state index in [0.29, 0.717) is 29.7 Å². The van der Waals surface area contributed by atoms with E-state index in [1.54, 1.807) is 16.8 Å². The van der Waals surface area contributed by atoms with Crippen LogP contribution in [0.3, 0.4) is 0 Å². The van der Waals surface area contributed by atoms with Crippen LogP contribution < -0.4 is 4.74 Å². The molecule has 190 valence electrons. The van der Waals surface area contributed by atoms with Gasteiger partial charge in [-0.1, -0.05) is 31.1 Å². The summed E-state index contributed by atoms with van der Waals surface area (Å²) in [5.74, 6) is -0.513. The average molecular weight is 502 g/mol. The third kappa shape index (κ3) is 5.69. The summed E-state index contributed by atoms with van der Waals surface area (Å²) in [5.41, 5.74) is 3.74. The smallest absolute Gasteiger partial charge is 0.416 e. The molecule has 0 atom stereocenters. The van der Waals surface area contributed by atoms with Crippen LogP contribution in [0.25, 0.3) is 11.0 Å². The van der Waals surface area contributed by atoms with Gasteiger partial charge in [0.15, 0.2) is 12.2 Å². The lowest BCUT2D eigenvalue weighted by atomic mass is 10.0. The van der Waals surface area contributed by atoms with E-state index in [1.807, 2.05) is 33.0 Å². The van der Waals surface area contributed by atoms with Crippen LogP contribution in [0.2, 0.25) is 0 Å². The maximum absolute atomic E-state index is 13.1. The largest absolute Gasteiger partial charge is 0.481 e. The molecule has 0 spiro atoms. The number of carboxylic acid groups (broad SMARTS) is 1. The highest BCUT2D eigenvalue weighted by molar-refractivity contribution is 5.82. The Morgan fingerprint density at radius 1 is 1.19 bits per heavy atom. The minimum atomic E-state index is -4.39. The zero-order chi connectivity index (χ0) is 26.0. The molecule has 2 heterocycles. The van der Waals surface area contributed by atoms with Gasteiger partial charge >= 0.3 is 12.1 Å². The summed E-state index contributed by atoms with van der Waals surface area (Å²) in [6.07, 6.45) is -1.33. The summed E-state index contributed by atoms with van der Waals surface area (Å²) in [4.78, 5) is 10.8. The van der Waals surface area contributed by atoms with Crippen LogP contribution >= 0.6 is 0 Å². The maximum Gasteiger partial charge on any atom is 0.416 e. The Bertz CT molecular complexity index is 1390. The summed E-state index contributed by atoms with van der Waals surface area (Å²) in [5, 5.41) is 18.5. The summed E-state index contributed by atoms with van der Waals surface area (Å²) in [6, 6.07) is 8.76. The summed E-state index contributed by atoms with van der Waals surface area (Å²) in [6.45, 7) is 5.65. The highest BCUT2D eigenvalue weighted by Gasteiger charge is 2.30. The van der Waals surface area contributed by atoms with E-state index >= 15 is 0 Å². The number of carbonyl (C=O) groups is 1. The lowest BCUT2D eigenvalue weighted by molar-refractivity contribution is -0.139. The number of benzene rings is 2. The molecule has 0 aliphatic heterocycles. The fourth-order valence-electron chi connectivity index (χ4n) is 4.12. The lowest BCUT2D eigenvalue weighted by Crippen LogP contribution is -2.10. The van der Waals surface area contributed by atoms with Crippen LogP contribution in [0.4, 0.5) is 13.2 Å². The number of rotatable bonds is 9. The Hall–Kier alpha value is -3.82. The normalized spacial score (nSPS) is 12.0. The first-order chi connectivity index (χ1) is 17.0. The Kier molecular flexibility index (Phi) is 7.05. The van der Waals surface area contributed by atoms with Crippen molar-refractivity contribution in [2.45, 2.75) is 52.3 Å². The second-order valence-electron chi connectivity index (χ2n) is 9.02. The van der Waals surface area contributed by atoms with Crippen LogP contribution in [0, 0.1) is 6.92 Å². The topological polar surface area (TPSA) is 90.4 Å². The van der Waals surface area contributed by atoms with Crippen LogP contribution in [-0.2, 0) is 30.4 Å². The van der Waals surface area contributed by atoms with Gasteiger partial charge < -0.3 is 14.4 Å².